The Morgan fingerprint density at radius 3 is 2.40 bits per heavy atom. The topological polar surface area (TPSA) is 218 Å². The van der Waals surface area contributed by atoms with Crippen LogP contribution in [-0.4, -0.2) is 92.8 Å². The van der Waals surface area contributed by atoms with E-state index in [1.165, 1.54) is 32.2 Å². The van der Waals surface area contributed by atoms with Gasteiger partial charge >= 0.3 is 6.09 Å². The standard InChI is InChI=1S/C36H37NO13/c1-16-7-9-18(10-8-16)15-48-35(45)37-21-11-25(49-17(2)30(21)40)50-23-13-36(46,24(39)14-38)12-20-27(23)34(44)29-28(32(20)42)31(41)19-5-4-6-22(47-3)26(19)33(29)43/h4-10,17,21,23,25,30,38,40,42,44,46H,11-15H2,1-3H3,(H,37,45)/t17-,21+,23?,25-,30?,36-/m0/s1. The predicted octanol–water partition coefficient (Wildman–Crippen LogP) is 2.28. The molecule has 1 amide bonds. The summed E-state index contributed by atoms with van der Waals surface area (Å²) < 4.78 is 22.7. The number of fused-ring (bicyclic) bond motifs is 3. The third kappa shape index (κ3) is 6.09. The summed E-state index contributed by atoms with van der Waals surface area (Å²) in [7, 11) is 1.31. The van der Waals surface area contributed by atoms with Gasteiger partial charge < -0.3 is 49.8 Å². The maximum atomic E-state index is 13.9. The molecule has 14 heteroatoms. The summed E-state index contributed by atoms with van der Waals surface area (Å²) in [4.78, 5) is 53.1. The molecule has 2 aliphatic carbocycles. The number of carbonyl (C=O) groups is 4. The maximum absolute atomic E-state index is 13.9. The van der Waals surface area contributed by atoms with Gasteiger partial charge in [0.15, 0.2) is 17.9 Å². The third-order valence-electron chi connectivity index (χ3n) is 9.55. The molecule has 1 fully saturated rings. The van der Waals surface area contributed by atoms with E-state index >= 15 is 0 Å². The molecule has 0 saturated carbocycles. The summed E-state index contributed by atoms with van der Waals surface area (Å²) in [6.45, 7) is 2.36. The van der Waals surface area contributed by atoms with Crippen LogP contribution in [0.25, 0.3) is 0 Å². The number of Topliss-reactive ketones (excluding diaryl/α,β-unsaturated/α-hetero) is 1. The van der Waals surface area contributed by atoms with Crippen LogP contribution in [0.5, 0.6) is 17.2 Å². The van der Waals surface area contributed by atoms with E-state index in [2.05, 4.69) is 5.32 Å². The molecule has 1 saturated heterocycles. The Bertz CT molecular complexity index is 1870. The number of rotatable bonds is 8. The Labute approximate surface area is 286 Å². The van der Waals surface area contributed by atoms with Gasteiger partial charge in [-0.15, -0.1) is 0 Å². The number of nitrogens with one attached hydrogen (secondary N) is 1. The second-order valence-electron chi connectivity index (χ2n) is 12.8. The predicted molar refractivity (Wildman–Crippen MR) is 172 cm³/mol. The zero-order chi connectivity index (χ0) is 36.1. The Morgan fingerprint density at radius 1 is 1.02 bits per heavy atom. The molecular weight excluding hydrogens is 654 g/mol. The molecule has 1 heterocycles. The molecule has 50 heavy (non-hydrogen) atoms. The quantitative estimate of drug-likeness (QED) is 0.146. The largest absolute Gasteiger partial charge is 0.507 e. The van der Waals surface area contributed by atoms with Gasteiger partial charge in [0.1, 0.15) is 42.2 Å². The van der Waals surface area contributed by atoms with Crippen molar-refractivity contribution in [3.05, 3.63) is 87.0 Å². The van der Waals surface area contributed by atoms with E-state index < -0.39 is 102 Å². The van der Waals surface area contributed by atoms with E-state index in [9.17, 15) is 44.7 Å². The fourth-order valence-corrected chi connectivity index (χ4v) is 6.88. The average Bonchev–Trinajstić information content (AvgIpc) is 3.09. The number of amides is 1. The number of hydrogen-bond donors (Lipinski definition) is 6. The fourth-order valence-electron chi connectivity index (χ4n) is 6.88. The first-order valence-electron chi connectivity index (χ1n) is 16.0. The van der Waals surface area contributed by atoms with E-state index in [0.717, 1.165) is 11.1 Å². The molecule has 0 spiro atoms. The summed E-state index contributed by atoms with van der Waals surface area (Å²) in [6.07, 6.45) is -6.97. The van der Waals surface area contributed by atoms with Crippen molar-refractivity contribution in [1.29, 1.82) is 0 Å². The molecule has 0 aromatic heterocycles. The van der Waals surface area contributed by atoms with Crippen LogP contribution in [0.3, 0.4) is 0 Å². The Hall–Kier alpha value is -4.86. The summed E-state index contributed by atoms with van der Waals surface area (Å²) in [6, 6.07) is 10.7. The number of phenols is 2. The Kier molecular flexibility index (Phi) is 9.41. The molecule has 1 aliphatic heterocycles. The van der Waals surface area contributed by atoms with Gasteiger partial charge in [-0.2, -0.15) is 0 Å². The molecular formula is C36H37NO13. The van der Waals surface area contributed by atoms with Crippen LogP contribution in [0.4, 0.5) is 4.79 Å². The third-order valence-corrected chi connectivity index (χ3v) is 9.55. The average molecular weight is 692 g/mol. The molecule has 6 rings (SSSR count). The van der Waals surface area contributed by atoms with Crippen molar-refractivity contribution in [2.24, 2.45) is 0 Å². The number of methoxy groups -OCH3 is 1. The maximum Gasteiger partial charge on any atom is 0.407 e. The van der Waals surface area contributed by atoms with Gasteiger partial charge in [-0.3, -0.25) is 14.4 Å². The fraction of sp³-hybridized carbons (Fsp3) is 0.389. The molecule has 14 nitrogen and oxygen atoms in total. The molecule has 6 N–H and O–H groups in total. The first-order chi connectivity index (χ1) is 23.8. The summed E-state index contributed by atoms with van der Waals surface area (Å²) in [5.74, 6) is -4.03. The molecule has 3 aromatic carbocycles. The number of phenolic OH excluding ortho intramolecular Hbond substituents is 2. The van der Waals surface area contributed by atoms with Gasteiger partial charge in [0.2, 0.25) is 5.78 Å². The number of aromatic hydroxyl groups is 2. The van der Waals surface area contributed by atoms with Crippen LogP contribution in [0.2, 0.25) is 0 Å². The number of aliphatic hydroxyl groups excluding tert-OH is 2. The molecule has 2 unspecified atom stereocenters. The zero-order valence-corrected chi connectivity index (χ0v) is 27.5. The van der Waals surface area contributed by atoms with Crippen LogP contribution >= 0.6 is 0 Å². The van der Waals surface area contributed by atoms with Crippen LogP contribution < -0.4 is 10.1 Å². The summed E-state index contributed by atoms with van der Waals surface area (Å²) >= 11 is 0. The van der Waals surface area contributed by atoms with Crippen molar-refractivity contribution in [1.82, 2.24) is 5.32 Å². The second kappa shape index (κ2) is 13.5. The number of ketones is 3. The number of alkyl carbamates (subject to hydrolysis) is 1. The van der Waals surface area contributed by atoms with Crippen LogP contribution in [-0.2, 0) is 32.0 Å². The highest BCUT2D eigenvalue weighted by molar-refractivity contribution is 6.31. The highest BCUT2D eigenvalue weighted by Crippen LogP contribution is 2.52. The van der Waals surface area contributed by atoms with Gasteiger partial charge in [0.05, 0.1) is 42.0 Å². The van der Waals surface area contributed by atoms with E-state index in [0.29, 0.717) is 0 Å². The van der Waals surface area contributed by atoms with E-state index in [1.807, 2.05) is 31.2 Å². The second-order valence-corrected chi connectivity index (χ2v) is 12.8. The van der Waals surface area contributed by atoms with Crippen molar-refractivity contribution in [3.63, 3.8) is 0 Å². The molecule has 3 aromatic rings. The number of hydrogen-bond acceptors (Lipinski definition) is 13. The highest BCUT2D eigenvalue weighted by atomic mass is 16.7. The van der Waals surface area contributed by atoms with Crippen LogP contribution in [0.1, 0.15) is 80.0 Å². The lowest BCUT2D eigenvalue weighted by Gasteiger charge is -2.42. The summed E-state index contributed by atoms with van der Waals surface area (Å²) in [5, 5.41) is 57.9. The minimum Gasteiger partial charge on any atom is -0.507 e. The van der Waals surface area contributed by atoms with Crippen LogP contribution in [0, 0.1) is 6.92 Å². The van der Waals surface area contributed by atoms with E-state index in [1.54, 1.807) is 0 Å². The molecule has 0 bridgehead atoms. The van der Waals surface area contributed by atoms with Crippen molar-refractivity contribution in [2.45, 2.75) is 76.0 Å². The monoisotopic (exact) mass is 691 g/mol. The van der Waals surface area contributed by atoms with Gasteiger partial charge in [0.25, 0.3) is 0 Å². The molecule has 0 radical (unpaired) electrons. The highest BCUT2D eigenvalue weighted by Gasteiger charge is 2.50. The van der Waals surface area contributed by atoms with Crippen molar-refractivity contribution in [2.75, 3.05) is 13.7 Å². The minimum absolute atomic E-state index is 0.0259. The van der Waals surface area contributed by atoms with Gasteiger partial charge in [-0.05, 0) is 25.5 Å². The molecule has 6 atom stereocenters. The minimum atomic E-state index is -2.33. The van der Waals surface area contributed by atoms with Gasteiger partial charge in [-0.1, -0.05) is 42.0 Å². The lowest BCUT2D eigenvalue weighted by molar-refractivity contribution is -0.249. The number of carbonyl (C=O) groups excluding carboxylic acids is 4. The Morgan fingerprint density at radius 2 is 1.72 bits per heavy atom. The number of aryl methyl sites for hydroxylation is 1. The molecule has 3 aliphatic rings. The van der Waals surface area contributed by atoms with E-state index in [4.69, 9.17) is 18.9 Å². The lowest BCUT2D eigenvalue weighted by Crippen LogP contribution is -2.56. The van der Waals surface area contributed by atoms with Crippen molar-refractivity contribution < 1.29 is 63.7 Å². The number of aliphatic hydroxyl groups is 3. The smallest absolute Gasteiger partial charge is 0.407 e. The van der Waals surface area contributed by atoms with Crippen molar-refractivity contribution >= 4 is 23.4 Å². The van der Waals surface area contributed by atoms with E-state index in [-0.39, 0.29) is 41.0 Å². The lowest BCUT2D eigenvalue weighted by atomic mass is 9.72. The molecule has 264 valence electrons. The first kappa shape index (κ1) is 35.0. The zero-order valence-electron chi connectivity index (χ0n) is 27.5. The summed E-state index contributed by atoms with van der Waals surface area (Å²) in [5.41, 5.74) is -2.20. The van der Waals surface area contributed by atoms with Crippen molar-refractivity contribution in [3.8, 4) is 17.2 Å². The number of benzene rings is 3. The van der Waals surface area contributed by atoms with Gasteiger partial charge in [-0.25, -0.2) is 4.79 Å². The Balaban J connectivity index is 1.33. The first-order valence-corrected chi connectivity index (χ1v) is 16.0. The SMILES string of the molecule is COc1cccc2c1C(=O)c1c(O)c3c(c(O)c1C2=O)C[C@@](O)(C(=O)CO)CC3O[C@H]1C[C@@H](NC(=O)OCc2ccc(C)cc2)C(O)[C@H](C)O1. The normalized spacial score (nSPS) is 25.6. The number of ether oxygens (including phenoxy) is 4. The van der Waals surface area contributed by atoms with Crippen LogP contribution in [0.15, 0.2) is 42.5 Å². The van der Waals surface area contributed by atoms with Gasteiger partial charge in [0, 0.05) is 36.0 Å².